The van der Waals surface area contributed by atoms with Gasteiger partial charge in [-0.1, -0.05) is 0 Å². The Balaban J connectivity index is 1.52. The van der Waals surface area contributed by atoms with Crippen molar-refractivity contribution in [3.63, 3.8) is 0 Å². The molecule has 1 N–H and O–H groups in total. The Labute approximate surface area is 148 Å². The van der Waals surface area contributed by atoms with Gasteiger partial charge in [-0.2, -0.15) is 10.1 Å². The average molecular weight is 349 g/mol. The van der Waals surface area contributed by atoms with Crippen molar-refractivity contribution in [1.82, 2.24) is 25.0 Å². The highest BCUT2D eigenvalue weighted by molar-refractivity contribution is 5.67. The van der Waals surface area contributed by atoms with Gasteiger partial charge in [-0.25, -0.2) is 4.79 Å². The predicted molar refractivity (Wildman–Crippen MR) is 94.8 cm³/mol. The molecule has 25 heavy (non-hydrogen) atoms. The van der Waals surface area contributed by atoms with Gasteiger partial charge in [0.1, 0.15) is 0 Å². The van der Waals surface area contributed by atoms with Crippen LogP contribution < -0.4 is 10.2 Å². The van der Waals surface area contributed by atoms with Crippen molar-refractivity contribution in [3.8, 4) is 0 Å². The van der Waals surface area contributed by atoms with Gasteiger partial charge in [-0.05, 0) is 26.8 Å². The third-order valence-electron chi connectivity index (χ3n) is 4.71. The lowest BCUT2D eigenvalue weighted by molar-refractivity contribution is 0.0983. The number of ether oxygens (including phenoxy) is 1. The first kappa shape index (κ1) is 17.7. The Bertz CT molecular complexity index is 569. The molecule has 0 aromatic carbocycles. The van der Waals surface area contributed by atoms with Crippen LogP contribution in [0.1, 0.15) is 19.8 Å². The van der Waals surface area contributed by atoms with E-state index >= 15 is 0 Å². The number of rotatable bonds is 4. The molecule has 0 saturated carbocycles. The second kappa shape index (κ2) is 8.28. The maximum Gasteiger partial charge on any atom is 0.409 e. The fraction of sp³-hybridized carbons (Fsp3) is 0.750. The molecule has 0 bridgehead atoms. The van der Waals surface area contributed by atoms with E-state index in [4.69, 9.17) is 4.74 Å². The molecule has 3 heterocycles. The van der Waals surface area contributed by atoms with Gasteiger partial charge in [0.25, 0.3) is 0 Å². The summed E-state index contributed by atoms with van der Waals surface area (Å²) in [7, 11) is 2.12. The molecule has 2 fully saturated rings. The zero-order chi connectivity index (χ0) is 17.6. The molecule has 0 atom stereocenters. The summed E-state index contributed by atoms with van der Waals surface area (Å²) in [4.78, 5) is 22.6. The van der Waals surface area contributed by atoms with Crippen LogP contribution in [-0.4, -0.2) is 90.0 Å². The SMILES string of the molecule is CCOC(=O)N1CCC(Nc2cnnc(N3CCN(C)CC3)n2)CC1. The van der Waals surface area contributed by atoms with Crippen LogP contribution in [0.4, 0.5) is 16.6 Å². The summed E-state index contributed by atoms with van der Waals surface area (Å²) < 4.78 is 5.05. The number of amides is 1. The number of piperidine rings is 1. The number of nitrogens with zero attached hydrogens (tertiary/aromatic N) is 6. The van der Waals surface area contributed by atoms with E-state index in [0.29, 0.717) is 25.6 Å². The normalized spacial score (nSPS) is 19.8. The molecule has 0 radical (unpaired) electrons. The van der Waals surface area contributed by atoms with Crippen LogP contribution in [0.5, 0.6) is 0 Å². The van der Waals surface area contributed by atoms with Crippen LogP contribution in [-0.2, 0) is 4.74 Å². The van der Waals surface area contributed by atoms with E-state index in [1.165, 1.54) is 0 Å². The molecule has 0 unspecified atom stereocenters. The summed E-state index contributed by atoms with van der Waals surface area (Å²) in [6.07, 6.45) is 3.18. The number of aromatic nitrogens is 3. The van der Waals surface area contributed by atoms with Crippen LogP contribution in [0.15, 0.2) is 6.20 Å². The number of hydrogen-bond donors (Lipinski definition) is 1. The van der Waals surface area contributed by atoms with Gasteiger partial charge in [-0.3, -0.25) is 0 Å². The van der Waals surface area contributed by atoms with Crippen molar-refractivity contribution in [2.75, 3.05) is 63.1 Å². The molecule has 0 spiro atoms. The highest BCUT2D eigenvalue weighted by atomic mass is 16.6. The maximum absolute atomic E-state index is 11.7. The zero-order valence-corrected chi connectivity index (χ0v) is 15.0. The number of carbonyl (C=O) groups excluding carboxylic acids is 1. The Hall–Kier alpha value is -2.16. The van der Waals surface area contributed by atoms with Crippen LogP contribution >= 0.6 is 0 Å². The Morgan fingerprint density at radius 3 is 2.64 bits per heavy atom. The zero-order valence-electron chi connectivity index (χ0n) is 15.0. The number of nitrogens with one attached hydrogen (secondary N) is 1. The van der Waals surface area contributed by atoms with E-state index < -0.39 is 0 Å². The van der Waals surface area contributed by atoms with E-state index in [1.807, 2.05) is 6.92 Å². The van der Waals surface area contributed by atoms with E-state index in [1.54, 1.807) is 11.1 Å². The number of likely N-dealkylation sites (N-methyl/N-ethyl adjacent to an activating group) is 1. The fourth-order valence-electron chi connectivity index (χ4n) is 3.13. The molecule has 2 saturated heterocycles. The number of piperazine rings is 1. The first-order chi connectivity index (χ1) is 12.2. The van der Waals surface area contributed by atoms with Gasteiger partial charge in [0, 0.05) is 45.3 Å². The minimum Gasteiger partial charge on any atom is -0.450 e. The molecular weight excluding hydrogens is 322 g/mol. The Morgan fingerprint density at radius 1 is 1.24 bits per heavy atom. The molecule has 2 aliphatic rings. The molecule has 9 nitrogen and oxygen atoms in total. The van der Waals surface area contributed by atoms with Gasteiger partial charge in [-0.15, -0.1) is 5.10 Å². The lowest BCUT2D eigenvalue weighted by Gasteiger charge is -2.33. The summed E-state index contributed by atoms with van der Waals surface area (Å²) in [5.74, 6) is 1.43. The Kier molecular flexibility index (Phi) is 5.85. The minimum atomic E-state index is -0.220. The molecule has 2 aliphatic heterocycles. The molecule has 0 aliphatic carbocycles. The van der Waals surface area contributed by atoms with Crippen molar-refractivity contribution in [2.24, 2.45) is 0 Å². The molecule has 138 valence electrons. The summed E-state index contributed by atoms with van der Waals surface area (Å²) in [5.41, 5.74) is 0. The number of likely N-dealkylation sites (tertiary alicyclic amines) is 1. The monoisotopic (exact) mass is 349 g/mol. The van der Waals surface area contributed by atoms with Crippen LogP contribution in [0.2, 0.25) is 0 Å². The third-order valence-corrected chi connectivity index (χ3v) is 4.71. The molecule has 3 rings (SSSR count). The number of carbonyl (C=O) groups is 1. The Morgan fingerprint density at radius 2 is 1.96 bits per heavy atom. The van der Waals surface area contributed by atoms with Gasteiger partial charge < -0.3 is 24.8 Å². The van der Waals surface area contributed by atoms with Crippen LogP contribution in [0.25, 0.3) is 0 Å². The van der Waals surface area contributed by atoms with Crippen molar-refractivity contribution >= 4 is 17.9 Å². The van der Waals surface area contributed by atoms with Gasteiger partial charge in [0.15, 0.2) is 5.82 Å². The van der Waals surface area contributed by atoms with E-state index in [0.717, 1.165) is 44.8 Å². The lowest BCUT2D eigenvalue weighted by atomic mass is 10.1. The van der Waals surface area contributed by atoms with Crippen LogP contribution in [0, 0.1) is 0 Å². The molecule has 9 heteroatoms. The minimum absolute atomic E-state index is 0.220. The summed E-state index contributed by atoms with van der Waals surface area (Å²) >= 11 is 0. The largest absolute Gasteiger partial charge is 0.450 e. The highest BCUT2D eigenvalue weighted by Gasteiger charge is 2.24. The average Bonchev–Trinajstić information content (AvgIpc) is 2.63. The van der Waals surface area contributed by atoms with Crippen LogP contribution in [0.3, 0.4) is 0 Å². The molecule has 1 aromatic rings. The lowest BCUT2D eigenvalue weighted by Crippen LogP contribution is -2.45. The summed E-state index contributed by atoms with van der Waals surface area (Å²) in [6.45, 7) is 7.48. The summed E-state index contributed by atoms with van der Waals surface area (Å²) in [6, 6.07) is 0.280. The van der Waals surface area contributed by atoms with E-state index in [9.17, 15) is 4.79 Å². The second-order valence-electron chi connectivity index (χ2n) is 6.54. The van der Waals surface area contributed by atoms with E-state index in [-0.39, 0.29) is 12.1 Å². The second-order valence-corrected chi connectivity index (χ2v) is 6.54. The quantitative estimate of drug-likeness (QED) is 0.848. The summed E-state index contributed by atoms with van der Waals surface area (Å²) in [5, 5.41) is 11.7. The first-order valence-corrected chi connectivity index (χ1v) is 8.97. The maximum atomic E-state index is 11.7. The molecule has 1 aromatic heterocycles. The first-order valence-electron chi connectivity index (χ1n) is 8.97. The van der Waals surface area contributed by atoms with Gasteiger partial charge in [0.05, 0.1) is 12.8 Å². The predicted octanol–water partition coefficient (Wildman–Crippen LogP) is 0.656. The standard InChI is InChI=1S/C16H27N7O2/c1-3-25-16(24)23-6-4-13(5-7-23)18-14-12-17-20-15(19-14)22-10-8-21(2)9-11-22/h12-13H,3-11H2,1-2H3,(H,18,19,20). The van der Waals surface area contributed by atoms with Crippen molar-refractivity contribution in [2.45, 2.75) is 25.8 Å². The molecular formula is C16H27N7O2. The van der Waals surface area contributed by atoms with E-state index in [2.05, 4.69) is 37.3 Å². The molecule has 1 amide bonds. The number of anilines is 2. The van der Waals surface area contributed by atoms with Crippen molar-refractivity contribution in [1.29, 1.82) is 0 Å². The smallest absolute Gasteiger partial charge is 0.409 e. The highest BCUT2D eigenvalue weighted by Crippen LogP contribution is 2.17. The third kappa shape index (κ3) is 4.68. The van der Waals surface area contributed by atoms with Gasteiger partial charge >= 0.3 is 6.09 Å². The topological polar surface area (TPSA) is 86.7 Å². The fourth-order valence-corrected chi connectivity index (χ4v) is 3.13. The number of hydrogen-bond acceptors (Lipinski definition) is 8. The van der Waals surface area contributed by atoms with Gasteiger partial charge in [0.2, 0.25) is 5.95 Å². The van der Waals surface area contributed by atoms with Crippen molar-refractivity contribution in [3.05, 3.63) is 6.20 Å². The van der Waals surface area contributed by atoms with Crippen molar-refractivity contribution < 1.29 is 9.53 Å².